The molecule has 1 unspecified atom stereocenters. The van der Waals surface area contributed by atoms with Crippen LogP contribution >= 0.6 is 0 Å². The molecular formula is C13H17NO4S. The average Bonchev–Trinajstić information content (AvgIpc) is 2.25. The molecule has 1 saturated carbocycles. The summed E-state index contributed by atoms with van der Waals surface area (Å²) < 4.78 is 26.9. The second-order valence-corrected chi connectivity index (χ2v) is 6.64. The largest absolute Gasteiger partial charge is 0.478 e. The van der Waals surface area contributed by atoms with Crippen molar-refractivity contribution in [1.29, 1.82) is 0 Å². The van der Waals surface area contributed by atoms with Gasteiger partial charge < -0.3 is 5.11 Å². The van der Waals surface area contributed by atoms with Gasteiger partial charge in [0.2, 0.25) is 10.0 Å². The van der Waals surface area contributed by atoms with Crippen LogP contribution in [0.3, 0.4) is 0 Å². The Kier molecular flexibility index (Phi) is 3.91. The molecule has 0 amide bonds. The molecule has 0 saturated heterocycles. The summed E-state index contributed by atoms with van der Waals surface area (Å²) in [6.07, 6.45) is 3.27. The third kappa shape index (κ3) is 3.13. The summed E-state index contributed by atoms with van der Waals surface area (Å²) in [4.78, 5) is 10.8. The lowest BCUT2D eigenvalue weighted by molar-refractivity contribution is 0.0696. The van der Waals surface area contributed by atoms with E-state index in [1.807, 2.05) is 6.92 Å². The van der Waals surface area contributed by atoms with E-state index in [0.717, 1.165) is 19.3 Å². The van der Waals surface area contributed by atoms with Crippen LogP contribution in [0.4, 0.5) is 0 Å². The van der Waals surface area contributed by atoms with Crippen LogP contribution in [-0.2, 0) is 10.0 Å². The van der Waals surface area contributed by atoms with E-state index in [4.69, 9.17) is 5.11 Å². The molecule has 2 rings (SSSR count). The maximum atomic E-state index is 12.1. The Bertz CT molecular complexity index is 561. The summed E-state index contributed by atoms with van der Waals surface area (Å²) >= 11 is 0. The number of rotatable bonds is 5. The van der Waals surface area contributed by atoms with Crippen LogP contribution in [0.2, 0.25) is 0 Å². The smallest absolute Gasteiger partial charge is 0.335 e. The lowest BCUT2D eigenvalue weighted by Gasteiger charge is -2.31. The summed E-state index contributed by atoms with van der Waals surface area (Å²) in [5, 5.41) is 8.77. The van der Waals surface area contributed by atoms with Gasteiger partial charge in [0, 0.05) is 6.04 Å². The predicted octanol–water partition coefficient (Wildman–Crippen LogP) is 1.85. The Morgan fingerprint density at radius 3 is 2.32 bits per heavy atom. The normalized spacial score (nSPS) is 17.7. The number of benzene rings is 1. The zero-order chi connectivity index (χ0) is 14.0. The minimum absolute atomic E-state index is 0.0750. The van der Waals surface area contributed by atoms with Gasteiger partial charge in [-0.1, -0.05) is 6.42 Å². The van der Waals surface area contributed by atoms with Crippen molar-refractivity contribution >= 4 is 16.0 Å². The monoisotopic (exact) mass is 283 g/mol. The fourth-order valence-corrected chi connectivity index (χ4v) is 3.44. The van der Waals surface area contributed by atoms with Crippen LogP contribution in [0.5, 0.6) is 0 Å². The van der Waals surface area contributed by atoms with Gasteiger partial charge in [0.05, 0.1) is 10.5 Å². The van der Waals surface area contributed by atoms with Gasteiger partial charge in [0.1, 0.15) is 0 Å². The average molecular weight is 283 g/mol. The number of carboxylic acid groups (broad SMARTS) is 1. The van der Waals surface area contributed by atoms with E-state index < -0.39 is 16.0 Å². The highest BCUT2D eigenvalue weighted by molar-refractivity contribution is 7.89. The first-order valence-corrected chi connectivity index (χ1v) is 7.74. The molecule has 0 radical (unpaired) electrons. The van der Waals surface area contributed by atoms with E-state index in [9.17, 15) is 13.2 Å². The number of carbonyl (C=O) groups is 1. The molecule has 6 heteroatoms. The second-order valence-electron chi connectivity index (χ2n) is 4.93. The van der Waals surface area contributed by atoms with Crippen molar-refractivity contribution in [3.8, 4) is 0 Å². The van der Waals surface area contributed by atoms with Crippen molar-refractivity contribution in [3.05, 3.63) is 29.8 Å². The molecule has 1 aromatic rings. The minimum atomic E-state index is -3.57. The molecule has 0 aliphatic heterocycles. The molecule has 0 bridgehead atoms. The fourth-order valence-electron chi connectivity index (χ4n) is 2.13. The van der Waals surface area contributed by atoms with Crippen LogP contribution in [0, 0.1) is 5.92 Å². The van der Waals surface area contributed by atoms with Crippen LogP contribution in [0.1, 0.15) is 36.5 Å². The molecule has 0 heterocycles. The van der Waals surface area contributed by atoms with Gasteiger partial charge in [0.25, 0.3) is 0 Å². The van der Waals surface area contributed by atoms with Crippen molar-refractivity contribution < 1.29 is 18.3 Å². The van der Waals surface area contributed by atoms with Crippen molar-refractivity contribution in [2.75, 3.05) is 0 Å². The van der Waals surface area contributed by atoms with E-state index in [0.29, 0.717) is 5.92 Å². The first-order valence-electron chi connectivity index (χ1n) is 6.26. The van der Waals surface area contributed by atoms with Crippen LogP contribution < -0.4 is 4.72 Å². The quantitative estimate of drug-likeness (QED) is 0.864. The van der Waals surface area contributed by atoms with Crippen molar-refractivity contribution in [2.45, 2.75) is 37.1 Å². The van der Waals surface area contributed by atoms with Crippen LogP contribution in [0.25, 0.3) is 0 Å². The molecule has 104 valence electrons. The molecule has 19 heavy (non-hydrogen) atoms. The molecule has 1 aliphatic rings. The lowest BCUT2D eigenvalue weighted by atomic mass is 9.81. The van der Waals surface area contributed by atoms with Crippen LogP contribution in [0.15, 0.2) is 29.2 Å². The van der Waals surface area contributed by atoms with Gasteiger partial charge >= 0.3 is 5.97 Å². The summed E-state index contributed by atoms with van der Waals surface area (Å²) in [6, 6.07) is 5.15. The molecule has 2 N–H and O–H groups in total. The highest BCUT2D eigenvalue weighted by Crippen LogP contribution is 2.30. The zero-order valence-electron chi connectivity index (χ0n) is 10.7. The molecule has 1 fully saturated rings. The Morgan fingerprint density at radius 1 is 1.32 bits per heavy atom. The lowest BCUT2D eigenvalue weighted by Crippen LogP contribution is -2.40. The van der Waals surface area contributed by atoms with E-state index >= 15 is 0 Å². The summed E-state index contributed by atoms with van der Waals surface area (Å²) in [7, 11) is -3.57. The van der Waals surface area contributed by atoms with Crippen molar-refractivity contribution in [2.24, 2.45) is 5.92 Å². The number of aromatic carboxylic acids is 1. The molecule has 1 aromatic carbocycles. The second kappa shape index (κ2) is 5.30. The first-order chi connectivity index (χ1) is 8.90. The standard InChI is InChI=1S/C13H17NO4S/c1-9(10-3-2-4-10)14-19(17,18)12-7-5-11(6-8-12)13(15)16/h5-10,14H,2-4H2,1H3,(H,15,16). The predicted molar refractivity (Wildman–Crippen MR) is 70.5 cm³/mol. The maximum absolute atomic E-state index is 12.1. The number of hydrogen-bond donors (Lipinski definition) is 2. The molecule has 0 aromatic heterocycles. The van der Waals surface area contributed by atoms with Gasteiger partial charge in [0.15, 0.2) is 0 Å². The topological polar surface area (TPSA) is 83.5 Å². The van der Waals surface area contributed by atoms with Gasteiger partial charge in [-0.05, 0) is 49.9 Å². The van der Waals surface area contributed by atoms with Crippen molar-refractivity contribution in [3.63, 3.8) is 0 Å². The van der Waals surface area contributed by atoms with Gasteiger partial charge in [-0.15, -0.1) is 0 Å². The van der Waals surface area contributed by atoms with Gasteiger partial charge in [-0.25, -0.2) is 17.9 Å². The number of sulfonamides is 1. The van der Waals surface area contributed by atoms with Crippen LogP contribution in [-0.4, -0.2) is 25.5 Å². The minimum Gasteiger partial charge on any atom is -0.478 e. The SMILES string of the molecule is CC(NS(=O)(=O)c1ccc(C(=O)O)cc1)C1CCC1. The third-order valence-corrected chi connectivity index (χ3v) is 5.18. The molecule has 5 nitrogen and oxygen atoms in total. The maximum Gasteiger partial charge on any atom is 0.335 e. The Hall–Kier alpha value is -1.40. The van der Waals surface area contributed by atoms with E-state index in [2.05, 4.69) is 4.72 Å². The third-order valence-electron chi connectivity index (χ3n) is 3.61. The van der Waals surface area contributed by atoms with E-state index in [-0.39, 0.29) is 16.5 Å². The number of nitrogens with one attached hydrogen (secondary N) is 1. The Balaban J connectivity index is 2.12. The summed E-state index contributed by atoms with van der Waals surface area (Å²) in [5.74, 6) is -0.659. The fraction of sp³-hybridized carbons (Fsp3) is 0.462. The zero-order valence-corrected chi connectivity index (χ0v) is 11.5. The molecule has 1 aliphatic carbocycles. The highest BCUT2D eigenvalue weighted by atomic mass is 32.2. The first kappa shape index (κ1) is 14.0. The highest BCUT2D eigenvalue weighted by Gasteiger charge is 2.27. The van der Waals surface area contributed by atoms with Gasteiger partial charge in [-0.3, -0.25) is 0 Å². The number of carboxylic acids is 1. The van der Waals surface area contributed by atoms with E-state index in [1.165, 1.54) is 24.3 Å². The molecule has 0 spiro atoms. The van der Waals surface area contributed by atoms with E-state index in [1.54, 1.807) is 0 Å². The van der Waals surface area contributed by atoms with Gasteiger partial charge in [-0.2, -0.15) is 0 Å². The molecular weight excluding hydrogens is 266 g/mol. The Morgan fingerprint density at radius 2 is 1.89 bits per heavy atom. The number of hydrogen-bond acceptors (Lipinski definition) is 3. The summed E-state index contributed by atoms with van der Waals surface area (Å²) in [5.41, 5.74) is 0.0750. The summed E-state index contributed by atoms with van der Waals surface area (Å²) in [6.45, 7) is 1.87. The van der Waals surface area contributed by atoms with Crippen molar-refractivity contribution in [1.82, 2.24) is 4.72 Å². The molecule has 1 atom stereocenters. The Labute approximate surface area is 112 Å².